The molecule has 1 aliphatic heterocycles. The largest absolute Gasteiger partial charge is 0.397 e. The van der Waals surface area contributed by atoms with Gasteiger partial charge in [0.15, 0.2) is 6.29 Å². The highest BCUT2D eigenvalue weighted by molar-refractivity contribution is 7.80. The van der Waals surface area contributed by atoms with Crippen LogP contribution >= 0.6 is 0 Å². The lowest BCUT2D eigenvalue weighted by atomic mass is 9.99. The fourth-order valence-corrected chi connectivity index (χ4v) is 10.4. The molecular weight excluding hydrogens is 895 g/mol. The van der Waals surface area contributed by atoms with Crippen LogP contribution in [0.3, 0.4) is 0 Å². The number of unbranched alkanes of at least 4 members (excludes halogenated alkanes) is 40. The molecule has 0 radical (unpaired) electrons. The maximum absolute atomic E-state index is 13.1. The molecule has 1 amide bonds. The first kappa shape index (κ1) is 66.1. The number of nitrogens with one attached hydrogen (secondary N) is 1. The molecule has 7 atom stereocenters. The summed E-state index contributed by atoms with van der Waals surface area (Å²) in [5.74, 6) is -0.222. The second kappa shape index (κ2) is 46.9. The number of hydrogen-bond acceptors (Lipinski definition) is 10. The third kappa shape index (κ3) is 39.3. The average molecular weight is 1010 g/mol. The van der Waals surface area contributed by atoms with Crippen molar-refractivity contribution in [2.75, 3.05) is 13.2 Å². The van der Waals surface area contributed by atoms with Gasteiger partial charge >= 0.3 is 10.4 Å². The second-order valence-corrected chi connectivity index (χ2v) is 22.0. The molecule has 1 fully saturated rings. The van der Waals surface area contributed by atoms with Crippen LogP contribution in [-0.4, -0.2) is 95.4 Å². The molecule has 0 bridgehead atoms. The van der Waals surface area contributed by atoms with Crippen LogP contribution in [-0.2, 0) is 28.9 Å². The number of hydrogen-bond donors (Lipinski definition) is 6. The molecule has 6 N–H and O–H groups in total. The molecule has 0 aromatic carbocycles. The lowest BCUT2D eigenvalue weighted by molar-refractivity contribution is -0.298. The van der Waals surface area contributed by atoms with Crippen LogP contribution in [0.2, 0.25) is 0 Å². The van der Waals surface area contributed by atoms with E-state index in [0.717, 1.165) is 51.4 Å². The zero-order valence-electron chi connectivity index (χ0n) is 44.7. The molecule has 0 spiro atoms. The van der Waals surface area contributed by atoms with Crippen molar-refractivity contribution in [1.29, 1.82) is 0 Å². The van der Waals surface area contributed by atoms with Gasteiger partial charge in [0.05, 0.1) is 25.4 Å². The van der Waals surface area contributed by atoms with Gasteiger partial charge in [0.2, 0.25) is 5.91 Å². The topological polar surface area (TPSA) is 192 Å². The SMILES string of the molecule is CCCCCCCCCCCCCCCCCCCCCCCCCCCC(=O)NC(COC1OC(CO)C(O)C(OS(=O)(=O)O)C1O)C(O)CCCCCCCCCCCCCCCCCCC. The van der Waals surface area contributed by atoms with Crippen molar-refractivity contribution in [3.63, 3.8) is 0 Å². The molecule has 0 aromatic rings. The summed E-state index contributed by atoms with van der Waals surface area (Å²) in [5.41, 5.74) is 0. The number of aliphatic hydroxyl groups is 4. The standard InChI is InChI=1S/C56H111NO11S/c1-3-5-7-9-11-13-15-17-19-21-22-23-24-25-26-27-28-30-32-34-36-38-40-42-44-46-52(60)57-49(48-66-56-54(62)55(68-69(63,64)65)53(61)51(47-58)67-56)50(59)45-43-41-39-37-35-33-31-29-20-18-16-14-12-10-8-6-4-2/h49-51,53-56,58-59,61-62H,3-48H2,1-2H3,(H,57,60)(H,63,64,65). The number of amides is 1. The Kier molecular flexibility index (Phi) is 44.9. The van der Waals surface area contributed by atoms with E-state index in [4.69, 9.17) is 9.47 Å². The maximum Gasteiger partial charge on any atom is 0.397 e. The highest BCUT2D eigenvalue weighted by atomic mass is 32.3. The van der Waals surface area contributed by atoms with E-state index in [2.05, 4.69) is 23.3 Å². The Morgan fingerprint density at radius 1 is 0.522 bits per heavy atom. The Morgan fingerprint density at radius 2 is 0.841 bits per heavy atom. The van der Waals surface area contributed by atoms with Gasteiger partial charge in [-0.3, -0.25) is 9.35 Å². The summed E-state index contributed by atoms with van der Waals surface area (Å²) < 4.78 is 47.9. The number of carbonyl (C=O) groups excluding carboxylic acids is 1. The number of carbonyl (C=O) groups is 1. The van der Waals surface area contributed by atoms with Gasteiger partial charge in [-0.15, -0.1) is 0 Å². The van der Waals surface area contributed by atoms with Gasteiger partial charge in [0, 0.05) is 6.42 Å². The summed E-state index contributed by atoms with van der Waals surface area (Å²) in [7, 11) is -5.08. The monoisotopic (exact) mass is 1010 g/mol. The molecule has 1 heterocycles. The summed E-state index contributed by atoms with van der Waals surface area (Å²) in [4.78, 5) is 13.1. The Balaban J connectivity index is 2.31. The molecular formula is C56H111NO11S. The number of rotatable bonds is 52. The van der Waals surface area contributed by atoms with Crippen LogP contribution in [0, 0.1) is 0 Å². The molecule has 412 valence electrons. The Labute approximate surface area is 424 Å². The molecule has 12 nitrogen and oxygen atoms in total. The van der Waals surface area contributed by atoms with Crippen molar-refractivity contribution in [1.82, 2.24) is 5.32 Å². The van der Waals surface area contributed by atoms with E-state index in [1.165, 1.54) is 218 Å². The highest BCUT2D eigenvalue weighted by Gasteiger charge is 2.48. The molecule has 13 heteroatoms. The molecule has 7 unspecified atom stereocenters. The van der Waals surface area contributed by atoms with Crippen LogP contribution in [0.15, 0.2) is 0 Å². The fraction of sp³-hybridized carbons (Fsp3) is 0.982. The predicted molar refractivity (Wildman–Crippen MR) is 283 cm³/mol. The molecule has 0 aromatic heterocycles. The fourth-order valence-electron chi connectivity index (χ4n) is 9.88. The molecule has 1 aliphatic rings. The lowest BCUT2D eigenvalue weighted by Gasteiger charge is -2.41. The highest BCUT2D eigenvalue weighted by Crippen LogP contribution is 2.26. The normalized spacial score (nSPS) is 19.6. The molecule has 1 saturated heterocycles. The van der Waals surface area contributed by atoms with Gasteiger partial charge < -0.3 is 35.2 Å². The first-order chi connectivity index (χ1) is 33.5. The van der Waals surface area contributed by atoms with Gasteiger partial charge in [0.25, 0.3) is 0 Å². The van der Waals surface area contributed by atoms with E-state index in [9.17, 15) is 38.2 Å². The van der Waals surface area contributed by atoms with Crippen molar-refractivity contribution < 1.29 is 51.8 Å². The molecule has 1 rings (SSSR count). The van der Waals surface area contributed by atoms with Crippen molar-refractivity contribution in [3.8, 4) is 0 Å². The van der Waals surface area contributed by atoms with Crippen molar-refractivity contribution in [3.05, 3.63) is 0 Å². The van der Waals surface area contributed by atoms with Crippen LogP contribution in [0.1, 0.15) is 296 Å². The van der Waals surface area contributed by atoms with Gasteiger partial charge in [-0.2, -0.15) is 8.42 Å². The molecule has 0 saturated carbocycles. The Morgan fingerprint density at radius 3 is 1.16 bits per heavy atom. The lowest BCUT2D eigenvalue weighted by Crippen LogP contribution is -2.61. The molecule has 69 heavy (non-hydrogen) atoms. The summed E-state index contributed by atoms with van der Waals surface area (Å²) in [6.07, 6.45) is 45.4. The van der Waals surface area contributed by atoms with Crippen LogP contribution in [0.4, 0.5) is 0 Å². The van der Waals surface area contributed by atoms with E-state index < -0.39 is 59.9 Å². The predicted octanol–water partition coefficient (Wildman–Crippen LogP) is 13.7. The van der Waals surface area contributed by atoms with Gasteiger partial charge in [0.1, 0.15) is 24.4 Å². The quantitative estimate of drug-likeness (QED) is 0.0251. The minimum Gasteiger partial charge on any atom is -0.394 e. The minimum absolute atomic E-state index is 0.222. The van der Waals surface area contributed by atoms with Crippen molar-refractivity contribution in [2.24, 2.45) is 0 Å². The Hall–Kier alpha value is -0.900. The maximum atomic E-state index is 13.1. The smallest absolute Gasteiger partial charge is 0.394 e. The summed E-state index contributed by atoms with van der Waals surface area (Å²) in [6, 6.07) is -0.853. The first-order valence-electron chi connectivity index (χ1n) is 29.4. The van der Waals surface area contributed by atoms with Crippen molar-refractivity contribution in [2.45, 2.75) is 339 Å². The number of ether oxygens (including phenoxy) is 2. The summed E-state index contributed by atoms with van der Waals surface area (Å²) >= 11 is 0. The van der Waals surface area contributed by atoms with Crippen LogP contribution in [0.25, 0.3) is 0 Å². The van der Waals surface area contributed by atoms with Gasteiger partial charge in [-0.1, -0.05) is 277 Å². The van der Waals surface area contributed by atoms with E-state index >= 15 is 0 Å². The van der Waals surface area contributed by atoms with Crippen molar-refractivity contribution >= 4 is 16.3 Å². The minimum atomic E-state index is -5.08. The molecule has 0 aliphatic carbocycles. The Bertz CT molecular complexity index is 1230. The van der Waals surface area contributed by atoms with E-state index in [1.807, 2.05) is 0 Å². The van der Waals surface area contributed by atoms with Crippen LogP contribution in [0.5, 0.6) is 0 Å². The van der Waals surface area contributed by atoms with Crippen LogP contribution < -0.4 is 5.32 Å². The average Bonchev–Trinajstić information content (AvgIpc) is 3.32. The summed E-state index contributed by atoms with van der Waals surface area (Å²) in [5, 5.41) is 45.1. The second-order valence-electron chi connectivity index (χ2n) is 21.0. The third-order valence-electron chi connectivity index (χ3n) is 14.4. The van der Waals surface area contributed by atoms with Gasteiger partial charge in [-0.25, -0.2) is 4.18 Å². The van der Waals surface area contributed by atoms with E-state index in [-0.39, 0.29) is 12.5 Å². The van der Waals surface area contributed by atoms with E-state index in [0.29, 0.717) is 12.8 Å². The zero-order valence-corrected chi connectivity index (χ0v) is 45.5. The number of aliphatic hydroxyl groups excluding tert-OH is 4. The van der Waals surface area contributed by atoms with Gasteiger partial charge in [-0.05, 0) is 12.8 Å². The summed E-state index contributed by atoms with van der Waals surface area (Å²) in [6.45, 7) is 3.50. The first-order valence-corrected chi connectivity index (χ1v) is 30.8. The third-order valence-corrected chi connectivity index (χ3v) is 14.9. The van der Waals surface area contributed by atoms with E-state index in [1.54, 1.807) is 0 Å². The zero-order chi connectivity index (χ0) is 50.5.